The van der Waals surface area contributed by atoms with E-state index < -0.39 is 0 Å². The lowest BCUT2D eigenvalue weighted by Crippen LogP contribution is -2.37. The second-order valence-corrected chi connectivity index (χ2v) is 5.86. The van der Waals surface area contributed by atoms with Gasteiger partial charge in [-0.2, -0.15) is 10.1 Å². The van der Waals surface area contributed by atoms with E-state index in [4.69, 9.17) is 4.52 Å². The molecule has 3 rings (SSSR count). The zero-order chi connectivity index (χ0) is 14.8. The van der Waals surface area contributed by atoms with Crippen molar-refractivity contribution in [3.05, 3.63) is 23.4 Å². The number of aryl methyl sites for hydroxylation is 3. The smallest absolute Gasteiger partial charge is 0.223 e. The lowest BCUT2D eigenvalue weighted by molar-refractivity contribution is 0.148. The zero-order valence-electron chi connectivity index (χ0n) is 12.9. The number of hydrogen-bond donors (Lipinski definition) is 0. The van der Waals surface area contributed by atoms with Crippen molar-refractivity contribution in [2.75, 3.05) is 13.1 Å². The van der Waals surface area contributed by atoms with Crippen molar-refractivity contribution in [2.45, 2.75) is 46.7 Å². The van der Waals surface area contributed by atoms with Gasteiger partial charge in [0.2, 0.25) is 5.89 Å². The number of likely N-dealkylation sites (tertiary alicyclic amines) is 1. The Balaban J connectivity index is 1.59. The summed E-state index contributed by atoms with van der Waals surface area (Å²) in [7, 11) is 0. The first-order valence-corrected chi connectivity index (χ1v) is 7.50. The van der Waals surface area contributed by atoms with Gasteiger partial charge in [0.1, 0.15) is 11.6 Å². The molecular weight excluding hydrogens is 268 g/mol. The fourth-order valence-electron chi connectivity index (χ4n) is 3.03. The average molecular weight is 290 g/mol. The van der Waals surface area contributed by atoms with E-state index in [1.165, 1.54) is 12.8 Å². The predicted molar refractivity (Wildman–Crippen MR) is 76.5 cm³/mol. The summed E-state index contributed by atoms with van der Waals surface area (Å²) in [5.41, 5.74) is 0. The molecule has 2 aromatic rings. The molecule has 3 heterocycles. The van der Waals surface area contributed by atoms with Crippen molar-refractivity contribution >= 4 is 0 Å². The Kier molecular flexibility index (Phi) is 4.01. The van der Waals surface area contributed by atoms with Crippen molar-refractivity contribution in [1.29, 1.82) is 0 Å². The third-order valence-electron chi connectivity index (χ3n) is 3.93. The highest BCUT2D eigenvalue weighted by Gasteiger charge is 2.22. The molecule has 2 aromatic heterocycles. The minimum Gasteiger partial charge on any atom is -0.340 e. The first kappa shape index (κ1) is 14.2. The van der Waals surface area contributed by atoms with Crippen LogP contribution < -0.4 is 0 Å². The van der Waals surface area contributed by atoms with Gasteiger partial charge in [-0.25, -0.2) is 9.67 Å². The molecule has 0 unspecified atom stereocenters. The van der Waals surface area contributed by atoms with Gasteiger partial charge in [-0.1, -0.05) is 5.16 Å². The summed E-state index contributed by atoms with van der Waals surface area (Å²) in [5, 5.41) is 8.45. The maximum atomic E-state index is 5.04. The van der Waals surface area contributed by atoms with Crippen molar-refractivity contribution in [3.8, 4) is 0 Å². The van der Waals surface area contributed by atoms with Gasteiger partial charge in [-0.05, 0) is 39.2 Å². The Morgan fingerprint density at radius 1 is 1.24 bits per heavy atom. The lowest BCUT2D eigenvalue weighted by atomic mass is 9.98. The fourth-order valence-corrected chi connectivity index (χ4v) is 3.03. The molecule has 0 aliphatic carbocycles. The van der Waals surface area contributed by atoms with Crippen LogP contribution in [0, 0.1) is 26.7 Å². The summed E-state index contributed by atoms with van der Waals surface area (Å²) < 4.78 is 7.07. The molecule has 1 atom stereocenters. The van der Waals surface area contributed by atoms with Gasteiger partial charge in [-0.3, -0.25) is 4.90 Å². The molecule has 0 bridgehead atoms. The minimum atomic E-state index is 0.603. The molecule has 0 amide bonds. The second kappa shape index (κ2) is 5.93. The van der Waals surface area contributed by atoms with Crippen LogP contribution >= 0.6 is 0 Å². The quantitative estimate of drug-likeness (QED) is 0.849. The van der Waals surface area contributed by atoms with Gasteiger partial charge in [0.15, 0.2) is 5.82 Å². The summed E-state index contributed by atoms with van der Waals surface area (Å²) in [4.78, 5) is 11.1. The Labute approximate surface area is 124 Å². The van der Waals surface area contributed by atoms with Crippen LogP contribution in [0.2, 0.25) is 0 Å². The van der Waals surface area contributed by atoms with Crippen LogP contribution in [-0.4, -0.2) is 42.9 Å². The first-order chi connectivity index (χ1) is 10.1. The van der Waals surface area contributed by atoms with E-state index in [1.54, 1.807) is 0 Å². The molecule has 7 nitrogen and oxygen atoms in total. The first-order valence-electron chi connectivity index (χ1n) is 7.50. The monoisotopic (exact) mass is 290 g/mol. The number of piperidine rings is 1. The van der Waals surface area contributed by atoms with E-state index in [9.17, 15) is 0 Å². The van der Waals surface area contributed by atoms with E-state index in [0.29, 0.717) is 11.8 Å². The van der Waals surface area contributed by atoms with Crippen LogP contribution in [-0.2, 0) is 13.1 Å². The lowest BCUT2D eigenvalue weighted by Gasteiger charge is -2.31. The number of hydrogen-bond acceptors (Lipinski definition) is 6. The van der Waals surface area contributed by atoms with Crippen LogP contribution in [0.15, 0.2) is 4.52 Å². The summed E-state index contributed by atoms with van der Waals surface area (Å²) in [6.07, 6.45) is 2.44. The molecule has 7 heteroatoms. The van der Waals surface area contributed by atoms with Gasteiger partial charge < -0.3 is 4.52 Å². The summed E-state index contributed by atoms with van der Waals surface area (Å²) in [6.45, 7) is 9.63. The topological polar surface area (TPSA) is 72.9 Å². The molecule has 0 radical (unpaired) electrons. The molecule has 0 aromatic carbocycles. The van der Waals surface area contributed by atoms with Crippen LogP contribution in [0.4, 0.5) is 0 Å². The molecule has 114 valence electrons. The summed E-state index contributed by atoms with van der Waals surface area (Å²) >= 11 is 0. The maximum absolute atomic E-state index is 5.04. The molecule has 1 saturated heterocycles. The van der Waals surface area contributed by atoms with Crippen molar-refractivity contribution in [3.63, 3.8) is 0 Å². The Morgan fingerprint density at radius 2 is 2.10 bits per heavy atom. The average Bonchev–Trinajstić information content (AvgIpc) is 2.96. The van der Waals surface area contributed by atoms with Gasteiger partial charge in [0.25, 0.3) is 0 Å². The van der Waals surface area contributed by atoms with Gasteiger partial charge in [0, 0.05) is 20.0 Å². The number of nitrogens with zero attached hydrogens (tertiary/aromatic N) is 6. The fraction of sp³-hybridized carbons (Fsp3) is 0.714. The van der Waals surface area contributed by atoms with Gasteiger partial charge in [-0.15, -0.1) is 0 Å². The standard InChI is InChI=1S/C14H22N6O/c1-10-15-11(2)20(17-10)8-13-5-4-6-19(7-13)9-14-16-12(3)21-18-14/h13H,4-9H2,1-3H3/t13-/m0/s1. The highest BCUT2D eigenvalue weighted by molar-refractivity contribution is 4.89. The predicted octanol–water partition coefficient (Wildman–Crippen LogP) is 1.50. The van der Waals surface area contributed by atoms with Crippen LogP contribution in [0.1, 0.15) is 36.2 Å². The molecule has 0 spiro atoms. The Morgan fingerprint density at radius 3 is 2.76 bits per heavy atom. The van der Waals surface area contributed by atoms with Crippen LogP contribution in [0.5, 0.6) is 0 Å². The normalized spacial score (nSPS) is 20.0. The van der Waals surface area contributed by atoms with E-state index in [-0.39, 0.29) is 0 Å². The van der Waals surface area contributed by atoms with Crippen molar-refractivity contribution < 1.29 is 4.52 Å². The minimum absolute atomic E-state index is 0.603. The molecule has 1 fully saturated rings. The van der Waals surface area contributed by atoms with E-state index in [1.807, 2.05) is 25.5 Å². The summed E-state index contributed by atoms with van der Waals surface area (Å²) in [5.74, 6) is 3.86. The highest BCUT2D eigenvalue weighted by Crippen LogP contribution is 2.20. The van der Waals surface area contributed by atoms with E-state index in [2.05, 4.69) is 25.1 Å². The zero-order valence-corrected chi connectivity index (χ0v) is 12.9. The van der Waals surface area contributed by atoms with Crippen LogP contribution in [0.25, 0.3) is 0 Å². The molecule has 1 aliphatic rings. The maximum Gasteiger partial charge on any atom is 0.223 e. The van der Waals surface area contributed by atoms with E-state index >= 15 is 0 Å². The summed E-state index contributed by atoms with van der Waals surface area (Å²) in [6, 6.07) is 0. The van der Waals surface area contributed by atoms with Gasteiger partial charge in [0.05, 0.1) is 6.54 Å². The molecule has 0 saturated carbocycles. The number of rotatable bonds is 4. The second-order valence-electron chi connectivity index (χ2n) is 5.86. The van der Waals surface area contributed by atoms with Crippen molar-refractivity contribution in [2.24, 2.45) is 5.92 Å². The largest absolute Gasteiger partial charge is 0.340 e. The van der Waals surface area contributed by atoms with Crippen molar-refractivity contribution in [1.82, 2.24) is 29.8 Å². The molecule has 21 heavy (non-hydrogen) atoms. The molecular formula is C14H22N6O. The Bertz CT molecular complexity index is 604. The molecule has 1 aliphatic heterocycles. The third-order valence-corrected chi connectivity index (χ3v) is 3.93. The number of aromatic nitrogens is 5. The van der Waals surface area contributed by atoms with Crippen LogP contribution in [0.3, 0.4) is 0 Å². The highest BCUT2D eigenvalue weighted by atomic mass is 16.5. The molecule has 0 N–H and O–H groups in total. The van der Waals surface area contributed by atoms with Gasteiger partial charge >= 0.3 is 0 Å². The Hall–Kier alpha value is -1.76. The SMILES string of the molecule is Cc1nc(C)n(C[C@H]2CCCN(Cc3noc(C)n3)C2)n1. The third kappa shape index (κ3) is 3.47. The van der Waals surface area contributed by atoms with E-state index in [0.717, 1.165) is 43.7 Å².